The first-order valence-electron chi connectivity index (χ1n) is 12.7. The van der Waals surface area contributed by atoms with E-state index >= 15 is 0 Å². The summed E-state index contributed by atoms with van der Waals surface area (Å²) in [6, 6.07) is 19.0. The molecule has 0 aliphatic carbocycles. The van der Waals surface area contributed by atoms with E-state index < -0.39 is 34.3 Å². The van der Waals surface area contributed by atoms with Gasteiger partial charge in [0.1, 0.15) is 24.2 Å². The molecule has 3 aromatic carbocycles. The Kier molecular flexibility index (Phi) is 10.4. The quantitative estimate of drug-likeness (QED) is 0.338. The van der Waals surface area contributed by atoms with Crippen molar-refractivity contribution in [1.29, 1.82) is 0 Å². The second kappa shape index (κ2) is 13.7. The molecule has 208 valence electrons. The van der Waals surface area contributed by atoms with E-state index in [-0.39, 0.29) is 23.0 Å². The van der Waals surface area contributed by atoms with Crippen LogP contribution in [0.3, 0.4) is 0 Å². The molecule has 1 atom stereocenters. The Labute approximate surface area is 229 Å². The van der Waals surface area contributed by atoms with Crippen LogP contribution in [-0.2, 0) is 26.2 Å². The number of carbonyl (C=O) groups excluding carboxylic acids is 2. The second-order valence-electron chi connectivity index (χ2n) is 8.89. The van der Waals surface area contributed by atoms with Crippen molar-refractivity contribution in [2.75, 3.05) is 24.5 Å². The number of halogens is 1. The van der Waals surface area contributed by atoms with Gasteiger partial charge in [-0.25, -0.2) is 12.8 Å². The summed E-state index contributed by atoms with van der Waals surface area (Å²) in [5.41, 5.74) is 0.835. The monoisotopic (exact) mass is 555 g/mol. The van der Waals surface area contributed by atoms with Crippen LogP contribution in [0.25, 0.3) is 0 Å². The lowest BCUT2D eigenvalue weighted by molar-refractivity contribution is -0.140. The minimum atomic E-state index is -4.17. The average molecular weight is 556 g/mol. The van der Waals surface area contributed by atoms with Gasteiger partial charge in [0.15, 0.2) is 0 Å². The smallest absolute Gasteiger partial charge is 0.264 e. The van der Waals surface area contributed by atoms with Crippen LogP contribution in [0.1, 0.15) is 32.3 Å². The third-order valence-corrected chi connectivity index (χ3v) is 7.94. The number of nitrogens with zero attached hydrogens (tertiary/aromatic N) is 2. The van der Waals surface area contributed by atoms with Crippen LogP contribution in [0.2, 0.25) is 0 Å². The van der Waals surface area contributed by atoms with E-state index in [4.69, 9.17) is 4.74 Å². The molecule has 39 heavy (non-hydrogen) atoms. The van der Waals surface area contributed by atoms with Crippen LogP contribution >= 0.6 is 0 Å². The molecule has 0 radical (unpaired) electrons. The molecule has 0 aliphatic rings. The van der Waals surface area contributed by atoms with Gasteiger partial charge in [0.2, 0.25) is 11.8 Å². The van der Waals surface area contributed by atoms with E-state index in [1.54, 1.807) is 43.3 Å². The third-order valence-electron chi connectivity index (χ3n) is 6.15. The molecule has 0 bridgehead atoms. The van der Waals surface area contributed by atoms with E-state index in [9.17, 15) is 22.4 Å². The lowest BCUT2D eigenvalue weighted by Crippen LogP contribution is -2.52. The Bertz CT molecular complexity index is 1350. The molecular weight excluding hydrogens is 521 g/mol. The van der Waals surface area contributed by atoms with Crippen molar-refractivity contribution in [2.24, 2.45) is 0 Å². The normalized spacial score (nSPS) is 11.9. The van der Waals surface area contributed by atoms with Crippen molar-refractivity contribution in [3.63, 3.8) is 0 Å². The van der Waals surface area contributed by atoms with Crippen LogP contribution in [0.4, 0.5) is 10.1 Å². The Morgan fingerprint density at radius 3 is 2.28 bits per heavy atom. The van der Waals surface area contributed by atoms with Gasteiger partial charge in [0.25, 0.3) is 10.0 Å². The number of amides is 2. The van der Waals surface area contributed by atoms with Gasteiger partial charge in [-0.1, -0.05) is 50.2 Å². The van der Waals surface area contributed by atoms with Gasteiger partial charge in [0.05, 0.1) is 17.7 Å². The molecule has 8 nitrogen and oxygen atoms in total. The highest BCUT2D eigenvalue weighted by Crippen LogP contribution is 2.27. The Hall–Kier alpha value is -3.92. The second-order valence-corrected chi connectivity index (χ2v) is 10.8. The first kappa shape index (κ1) is 29.6. The molecule has 2 amide bonds. The maximum Gasteiger partial charge on any atom is 0.264 e. The summed E-state index contributed by atoms with van der Waals surface area (Å²) in [6.45, 7) is 3.56. The highest BCUT2D eigenvalue weighted by atomic mass is 32.2. The van der Waals surface area contributed by atoms with Gasteiger partial charge in [-0.3, -0.25) is 13.9 Å². The molecule has 0 unspecified atom stereocenters. The van der Waals surface area contributed by atoms with Gasteiger partial charge < -0.3 is 15.0 Å². The fourth-order valence-corrected chi connectivity index (χ4v) is 5.51. The first-order valence-corrected chi connectivity index (χ1v) is 14.2. The summed E-state index contributed by atoms with van der Waals surface area (Å²) < 4.78 is 47.5. The molecule has 10 heteroatoms. The largest absolute Gasteiger partial charge is 0.497 e. The number of sulfonamides is 1. The highest BCUT2D eigenvalue weighted by molar-refractivity contribution is 7.92. The molecule has 0 heterocycles. The molecule has 3 aromatic rings. The lowest BCUT2D eigenvalue weighted by atomic mass is 10.1. The third kappa shape index (κ3) is 7.57. The van der Waals surface area contributed by atoms with E-state index in [0.717, 1.165) is 4.31 Å². The van der Waals surface area contributed by atoms with E-state index in [2.05, 4.69) is 5.32 Å². The molecule has 1 N–H and O–H groups in total. The minimum absolute atomic E-state index is 0.00546. The van der Waals surface area contributed by atoms with Crippen LogP contribution in [0.15, 0.2) is 83.8 Å². The van der Waals surface area contributed by atoms with Crippen LogP contribution in [-0.4, -0.2) is 51.4 Å². The van der Waals surface area contributed by atoms with Crippen molar-refractivity contribution in [3.05, 3.63) is 90.2 Å². The SMILES string of the molecule is CCCNC(=O)[C@@H](CC)N(Cc1ccc(F)cc1)C(=O)CN(c1cccc(OC)c1)S(=O)(=O)c1ccccc1. The van der Waals surface area contributed by atoms with Gasteiger partial charge >= 0.3 is 0 Å². The average Bonchev–Trinajstić information content (AvgIpc) is 2.95. The molecule has 0 saturated heterocycles. The van der Waals surface area contributed by atoms with Crippen molar-refractivity contribution < 1.29 is 27.1 Å². The summed E-state index contributed by atoms with van der Waals surface area (Å²) >= 11 is 0. The first-order chi connectivity index (χ1) is 18.7. The number of hydrogen-bond acceptors (Lipinski definition) is 5. The number of benzene rings is 3. The summed E-state index contributed by atoms with van der Waals surface area (Å²) in [6.07, 6.45) is 1.01. The van der Waals surface area contributed by atoms with Crippen molar-refractivity contribution >= 4 is 27.5 Å². The zero-order chi connectivity index (χ0) is 28.4. The highest BCUT2D eigenvalue weighted by Gasteiger charge is 2.33. The van der Waals surface area contributed by atoms with Gasteiger partial charge in [-0.05, 0) is 54.8 Å². The number of ether oxygens (including phenoxy) is 1. The topological polar surface area (TPSA) is 96.0 Å². The predicted octanol–water partition coefficient (Wildman–Crippen LogP) is 4.36. The number of nitrogens with one attached hydrogen (secondary N) is 1. The minimum Gasteiger partial charge on any atom is -0.497 e. The Morgan fingerprint density at radius 1 is 0.974 bits per heavy atom. The van der Waals surface area contributed by atoms with Crippen molar-refractivity contribution in [3.8, 4) is 5.75 Å². The van der Waals surface area contributed by atoms with Crippen LogP contribution in [0.5, 0.6) is 5.75 Å². The van der Waals surface area contributed by atoms with Gasteiger partial charge in [-0.15, -0.1) is 0 Å². The molecular formula is C29H34FN3O5S. The summed E-state index contributed by atoms with van der Waals surface area (Å²) in [7, 11) is -2.71. The standard InChI is InChI=1S/C29H34FN3O5S/c1-4-18-31-29(35)27(5-2)32(20-22-14-16-23(30)17-15-22)28(34)21-33(24-10-9-11-25(19-24)38-3)39(36,37)26-12-7-6-8-13-26/h6-17,19,27H,4-5,18,20-21H2,1-3H3,(H,31,35)/t27-/m1/s1. The lowest BCUT2D eigenvalue weighted by Gasteiger charge is -2.33. The fourth-order valence-electron chi connectivity index (χ4n) is 4.09. The Balaban J connectivity index is 2.05. The summed E-state index contributed by atoms with van der Waals surface area (Å²) in [5.74, 6) is -0.932. The maximum atomic E-state index is 13.9. The van der Waals surface area contributed by atoms with E-state index in [1.807, 2.05) is 6.92 Å². The molecule has 3 rings (SSSR count). The molecule has 0 aliphatic heterocycles. The molecule has 0 spiro atoms. The zero-order valence-corrected chi connectivity index (χ0v) is 23.2. The zero-order valence-electron chi connectivity index (χ0n) is 22.3. The number of rotatable bonds is 13. The molecule has 0 saturated carbocycles. The van der Waals surface area contributed by atoms with Crippen LogP contribution in [0, 0.1) is 5.82 Å². The predicted molar refractivity (Wildman–Crippen MR) is 148 cm³/mol. The molecule has 0 aromatic heterocycles. The number of methoxy groups -OCH3 is 1. The van der Waals surface area contributed by atoms with Gasteiger partial charge in [-0.2, -0.15) is 0 Å². The van der Waals surface area contributed by atoms with Gasteiger partial charge in [0, 0.05) is 19.2 Å². The summed E-state index contributed by atoms with van der Waals surface area (Å²) in [4.78, 5) is 28.4. The number of hydrogen-bond donors (Lipinski definition) is 1. The van der Waals surface area contributed by atoms with Crippen LogP contribution < -0.4 is 14.4 Å². The molecule has 0 fully saturated rings. The van der Waals surface area contributed by atoms with Crippen molar-refractivity contribution in [1.82, 2.24) is 10.2 Å². The number of anilines is 1. The maximum absolute atomic E-state index is 13.9. The van der Waals surface area contributed by atoms with E-state index in [0.29, 0.717) is 30.7 Å². The van der Waals surface area contributed by atoms with E-state index in [1.165, 1.54) is 54.5 Å². The summed E-state index contributed by atoms with van der Waals surface area (Å²) in [5, 5.41) is 2.83. The van der Waals surface area contributed by atoms with Crippen molar-refractivity contribution in [2.45, 2.75) is 44.2 Å². The number of carbonyl (C=O) groups is 2. The Morgan fingerprint density at radius 2 is 1.67 bits per heavy atom. The fraction of sp³-hybridized carbons (Fsp3) is 0.310.